The Balaban J connectivity index is 1.54. The first-order valence-electron chi connectivity index (χ1n) is 13.2. The predicted octanol–water partition coefficient (Wildman–Crippen LogP) is 2.16. The summed E-state index contributed by atoms with van der Waals surface area (Å²) >= 11 is 0. The summed E-state index contributed by atoms with van der Waals surface area (Å²) < 4.78 is 10.5. The van der Waals surface area contributed by atoms with Gasteiger partial charge >= 0.3 is 18.0 Å². The normalized spacial score (nSPS) is 21.1. The van der Waals surface area contributed by atoms with Crippen LogP contribution in [0.2, 0.25) is 0 Å². The molecule has 3 aliphatic rings. The topological polar surface area (TPSA) is 141 Å². The van der Waals surface area contributed by atoms with E-state index >= 15 is 0 Å². The van der Waals surface area contributed by atoms with E-state index in [0.717, 1.165) is 32.1 Å². The van der Waals surface area contributed by atoms with Gasteiger partial charge in [0.15, 0.2) is 6.17 Å². The number of carbonyl (C=O) groups excluding carboxylic acids is 3. The third-order valence-electron chi connectivity index (χ3n) is 7.48. The van der Waals surface area contributed by atoms with E-state index in [4.69, 9.17) is 9.47 Å². The van der Waals surface area contributed by atoms with Gasteiger partial charge in [0.25, 0.3) is 5.91 Å². The quantitative estimate of drug-likeness (QED) is 0.490. The molecule has 0 radical (unpaired) electrons. The number of carboxylic acids is 1. The van der Waals surface area contributed by atoms with Gasteiger partial charge in [-0.25, -0.2) is 9.59 Å². The molecule has 208 valence electrons. The summed E-state index contributed by atoms with van der Waals surface area (Å²) in [5.74, 6) is -0.875. The van der Waals surface area contributed by atoms with E-state index in [2.05, 4.69) is 10.6 Å². The van der Waals surface area contributed by atoms with Crippen LogP contribution in [0.5, 0.6) is 5.75 Å². The summed E-state index contributed by atoms with van der Waals surface area (Å²) in [5.41, 5.74) is 0.513. The fraction of sp³-hybridized carbons (Fsp3) is 0.615. The van der Waals surface area contributed by atoms with E-state index < -0.39 is 30.1 Å². The highest BCUT2D eigenvalue weighted by atomic mass is 16.5. The van der Waals surface area contributed by atoms with Crippen molar-refractivity contribution < 1.29 is 33.8 Å². The molecule has 12 nitrogen and oxygen atoms in total. The predicted molar refractivity (Wildman–Crippen MR) is 138 cm³/mol. The molecule has 0 spiro atoms. The highest BCUT2D eigenvalue weighted by Crippen LogP contribution is 2.29. The van der Waals surface area contributed by atoms with Crippen molar-refractivity contribution in [2.24, 2.45) is 5.92 Å². The number of aliphatic carboxylic acids is 1. The zero-order valence-electron chi connectivity index (χ0n) is 21.8. The van der Waals surface area contributed by atoms with Gasteiger partial charge < -0.3 is 30.1 Å². The molecular weight excluding hydrogens is 494 g/mol. The zero-order chi connectivity index (χ0) is 27.1. The van der Waals surface area contributed by atoms with Crippen LogP contribution in [0.1, 0.15) is 38.5 Å². The van der Waals surface area contributed by atoms with Crippen LogP contribution in [0.3, 0.4) is 0 Å². The smallest absolute Gasteiger partial charge is 0.323 e. The number of methoxy groups -OCH3 is 1. The van der Waals surface area contributed by atoms with Gasteiger partial charge in [0, 0.05) is 37.9 Å². The second-order valence-corrected chi connectivity index (χ2v) is 9.91. The molecule has 0 bridgehead atoms. The molecule has 2 unspecified atom stereocenters. The van der Waals surface area contributed by atoms with Gasteiger partial charge in [-0.1, -0.05) is 19.3 Å². The van der Waals surface area contributed by atoms with Crippen molar-refractivity contribution in [3.05, 3.63) is 24.3 Å². The Bertz CT molecular complexity index is 992. The Hall–Kier alpha value is -3.54. The molecule has 1 aromatic carbocycles. The molecule has 1 aliphatic carbocycles. The van der Waals surface area contributed by atoms with Crippen LogP contribution in [0.15, 0.2) is 24.3 Å². The number of hydrogen-bond acceptors (Lipinski definition) is 6. The lowest BCUT2D eigenvalue weighted by molar-refractivity contribution is -0.138. The highest BCUT2D eigenvalue weighted by molar-refractivity contribution is 5.96. The maximum Gasteiger partial charge on any atom is 0.323 e. The third-order valence-corrected chi connectivity index (χ3v) is 7.48. The van der Waals surface area contributed by atoms with Gasteiger partial charge in [-0.15, -0.1) is 0 Å². The maximum atomic E-state index is 13.7. The summed E-state index contributed by atoms with van der Waals surface area (Å²) in [5, 5.41) is 15.2. The van der Waals surface area contributed by atoms with Crippen LogP contribution in [-0.4, -0.2) is 102 Å². The molecule has 1 aromatic rings. The van der Waals surface area contributed by atoms with Crippen molar-refractivity contribution in [1.82, 2.24) is 20.0 Å². The van der Waals surface area contributed by atoms with Crippen molar-refractivity contribution in [1.29, 1.82) is 0 Å². The average Bonchev–Trinajstić information content (AvgIpc) is 3.39. The average molecular weight is 532 g/mol. The molecule has 1 saturated carbocycles. The number of urea groups is 2. The second-order valence-electron chi connectivity index (χ2n) is 9.91. The Morgan fingerprint density at radius 3 is 2.29 bits per heavy atom. The fourth-order valence-corrected chi connectivity index (χ4v) is 5.45. The molecule has 5 amide bonds. The van der Waals surface area contributed by atoms with Crippen molar-refractivity contribution >= 4 is 29.6 Å². The lowest BCUT2D eigenvalue weighted by Crippen LogP contribution is -2.59. The van der Waals surface area contributed by atoms with E-state index in [1.807, 2.05) is 0 Å². The number of rotatable bonds is 7. The molecule has 38 heavy (non-hydrogen) atoms. The van der Waals surface area contributed by atoms with Gasteiger partial charge in [-0.3, -0.25) is 19.4 Å². The standard InChI is InChI=1S/C26H37N5O7/c1-37-20-9-7-19(8-10-20)27-25(35)30-11-12-31(26(36)29-13-15-38-16-14-29)24(30)23(34)28-21(17-22(32)33)18-5-3-2-4-6-18/h7-10,18,21,24H,2-6,11-17H2,1H3,(H,27,35)(H,28,34)(H,32,33). The minimum Gasteiger partial charge on any atom is -0.497 e. The first-order chi connectivity index (χ1) is 18.4. The fourth-order valence-electron chi connectivity index (χ4n) is 5.45. The Morgan fingerprint density at radius 2 is 1.66 bits per heavy atom. The molecule has 2 saturated heterocycles. The number of nitrogens with one attached hydrogen (secondary N) is 2. The number of anilines is 1. The molecule has 2 atom stereocenters. The van der Waals surface area contributed by atoms with Crippen LogP contribution in [0.4, 0.5) is 15.3 Å². The van der Waals surface area contributed by atoms with E-state index in [0.29, 0.717) is 37.7 Å². The summed E-state index contributed by atoms with van der Waals surface area (Å²) in [4.78, 5) is 56.5. The Labute approximate surface area is 222 Å². The monoisotopic (exact) mass is 531 g/mol. The van der Waals surface area contributed by atoms with Crippen LogP contribution in [0, 0.1) is 5.92 Å². The van der Waals surface area contributed by atoms with Crippen LogP contribution in [-0.2, 0) is 14.3 Å². The minimum atomic E-state index is -1.21. The summed E-state index contributed by atoms with van der Waals surface area (Å²) in [7, 11) is 1.55. The Kier molecular flexibility index (Phi) is 9.27. The van der Waals surface area contributed by atoms with Gasteiger partial charge in [0.1, 0.15) is 5.75 Å². The number of carboxylic acid groups (broad SMARTS) is 1. The molecule has 3 fully saturated rings. The molecule has 2 heterocycles. The number of ether oxygens (including phenoxy) is 2. The van der Waals surface area contributed by atoms with Crippen LogP contribution < -0.4 is 15.4 Å². The maximum absolute atomic E-state index is 13.7. The van der Waals surface area contributed by atoms with Crippen molar-refractivity contribution in [2.45, 2.75) is 50.7 Å². The largest absolute Gasteiger partial charge is 0.497 e. The van der Waals surface area contributed by atoms with Gasteiger partial charge in [0.05, 0.1) is 26.7 Å². The number of hydrogen-bond donors (Lipinski definition) is 3. The van der Waals surface area contributed by atoms with E-state index in [9.17, 15) is 24.3 Å². The summed E-state index contributed by atoms with van der Waals surface area (Å²) in [6, 6.07) is 5.33. The van der Waals surface area contributed by atoms with Gasteiger partial charge in [-0.05, 0) is 43.0 Å². The number of morpholine rings is 1. The van der Waals surface area contributed by atoms with E-state index in [-0.39, 0.29) is 31.5 Å². The highest BCUT2D eigenvalue weighted by Gasteiger charge is 2.45. The SMILES string of the molecule is COc1ccc(NC(=O)N2CCN(C(=O)N3CCOCC3)C2C(=O)NC(CC(=O)O)C2CCCCC2)cc1. The first kappa shape index (κ1) is 27.5. The Morgan fingerprint density at radius 1 is 1.00 bits per heavy atom. The molecular formula is C26H37N5O7. The van der Waals surface area contributed by atoms with E-state index in [1.54, 1.807) is 36.3 Å². The third kappa shape index (κ3) is 6.66. The molecule has 0 aromatic heterocycles. The summed E-state index contributed by atoms with van der Waals surface area (Å²) in [6.07, 6.45) is 3.31. The molecule has 2 aliphatic heterocycles. The molecule has 12 heteroatoms. The summed E-state index contributed by atoms with van der Waals surface area (Å²) in [6.45, 7) is 1.93. The molecule has 4 rings (SSSR count). The first-order valence-corrected chi connectivity index (χ1v) is 13.2. The van der Waals surface area contributed by atoms with Crippen molar-refractivity contribution in [2.75, 3.05) is 51.8 Å². The number of nitrogens with zero attached hydrogens (tertiary/aromatic N) is 3. The number of benzene rings is 1. The number of amides is 5. The van der Waals surface area contributed by atoms with Crippen molar-refractivity contribution in [3.8, 4) is 5.75 Å². The molecule has 3 N–H and O–H groups in total. The van der Waals surface area contributed by atoms with E-state index in [1.165, 1.54) is 9.80 Å². The van der Waals surface area contributed by atoms with Gasteiger partial charge in [0.2, 0.25) is 0 Å². The van der Waals surface area contributed by atoms with Crippen LogP contribution >= 0.6 is 0 Å². The zero-order valence-corrected chi connectivity index (χ0v) is 21.8. The number of carbonyl (C=O) groups is 4. The second kappa shape index (κ2) is 12.8. The van der Waals surface area contributed by atoms with Crippen LogP contribution in [0.25, 0.3) is 0 Å². The van der Waals surface area contributed by atoms with Gasteiger partial charge in [-0.2, -0.15) is 0 Å². The lowest BCUT2D eigenvalue weighted by atomic mass is 9.82. The lowest BCUT2D eigenvalue weighted by Gasteiger charge is -2.36. The minimum absolute atomic E-state index is 0.0372. The van der Waals surface area contributed by atoms with Crippen molar-refractivity contribution in [3.63, 3.8) is 0 Å².